The van der Waals surface area contributed by atoms with Crippen LogP contribution in [0.15, 0.2) is 60.7 Å². The van der Waals surface area contributed by atoms with Crippen molar-refractivity contribution in [3.8, 4) is 5.75 Å². The molecular weight excluding hydrogens is 370 g/mol. The molecule has 0 bridgehead atoms. The van der Waals surface area contributed by atoms with Gasteiger partial charge in [-0.25, -0.2) is 0 Å². The minimum Gasteiger partial charge on any atom is -0.497 e. The minimum absolute atomic E-state index is 0.785. The number of nitrogens with zero attached hydrogens (tertiary/aromatic N) is 3. The molecule has 1 fully saturated rings. The molecule has 0 aliphatic carbocycles. The lowest BCUT2D eigenvalue weighted by Gasteiger charge is -2.34. The van der Waals surface area contributed by atoms with E-state index in [4.69, 9.17) is 9.72 Å². The van der Waals surface area contributed by atoms with Crippen molar-refractivity contribution in [1.82, 2.24) is 14.8 Å². The fourth-order valence-electron chi connectivity index (χ4n) is 4.45. The second-order valence-corrected chi connectivity index (χ2v) is 8.58. The molecule has 0 unspecified atom stereocenters. The summed E-state index contributed by atoms with van der Waals surface area (Å²) in [6, 6.07) is 21.2. The van der Waals surface area contributed by atoms with E-state index in [1.165, 1.54) is 36.9 Å². The second kappa shape index (κ2) is 10.1. The highest BCUT2D eigenvalue weighted by molar-refractivity contribution is 5.78. The number of ether oxygens (including phenoxy) is 1. The number of methoxy groups -OCH3 is 1. The van der Waals surface area contributed by atoms with Crippen molar-refractivity contribution in [1.29, 1.82) is 0 Å². The summed E-state index contributed by atoms with van der Waals surface area (Å²) in [5, 5.41) is 1.21. The largest absolute Gasteiger partial charge is 0.497 e. The predicted molar refractivity (Wildman–Crippen MR) is 124 cm³/mol. The quantitative estimate of drug-likeness (QED) is 0.548. The molecule has 4 rings (SSSR count). The maximum Gasteiger partial charge on any atom is 0.118 e. The first-order valence-electron chi connectivity index (χ1n) is 11.1. The summed E-state index contributed by atoms with van der Waals surface area (Å²) >= 11 is 0. The Morgan fingerprint density at radius 2 is 1.77 bits per heavy atom. The van der Waals surface area contributed by atoms with Crippen molar-refractivity contribution in [2.45, 2.75) is 25.8 Å². The topological polar surface area (TPSA) is 28.6 Å². The van der Waals surface area contributed by atoms with Crippen LogP contribution >= 0.6 is 0 Å². The summed E-state index contributed by atoms with van der Waals surface area (Å²) in [5.74, 6) is 1.72. The van der Waals surface area contributed by atoms with Crippen LogP contribution in [0.5, 0.6) is 5.75 Å². The Morgan fingerprint density at radius 3 is 2.53 bits per heavy atom. The zero-order valence-electron chi connectivity index (χ0n) is 18.3. The number of aromatic nitrogens is 1. The number of para-hydroxylation sites is 1. The maximum atomic E-state index is 5.25. The van der Waals surface area contributed by atoms with Gasteiger partial charge in [-0.05, 0) is 75.1 Å². The molecule has 2 heterocycles. The first-order valence-corrected chi connectivity index (χ1v) is 11.1. The maximum absolute atomic E-state index is 5.25. The van der Waals surface area contributed by atoms with Gasteiger partial charge in [-0.1, -0.05) is 36.4 Å². The second-order valence-electron chi connectivity index (χ2n) is 8.58. The highest BCUT2D eigenvalue weighted by Gasteiger charge is 2.20. The van der Waals surface area contributed by atoms with E-state index in [1.54, 1.807) is 7.11 Å². The van der Waals surface area contributed by atoms with Gasteiger partial charge >= 0.3 is 0 Å². The summed E-state index contributed by atoms with van der Waals surface area (Å²) in [6.07, 6.45) is 3.69. The minimum atomic E-state index is 0.785. The Bertz CT molecular complexity index is 932. The van der Waals surface area contributed by atoms with Gasteiger partial charge in [0.05, 0.1) is 18.3 Å². The zero-order valence-corrected chi connectivity index (χ0v) is 18.3. The number of piperidine rings is 1. The summed E-state index contributed by atoms with van der Waals surface area (Å²) in [5.41, 5.74) is 3.64. The summed E-state index contributed by atoms with van der Waals surface area (Å²) in [6.45, 7) is 5.64. The molecule has 0 amide bonds. The number of likely N-dealkylation sites (tertiary alicyclic amines) is 1. The van der Waals surface area contributed by atoms with E-state index in [-0.39, 0.29) is 0 Å². The van der Waals surface area contributed by atoms with Gasteiger partial charge < -0.3 is 14.5 Å². The van der Waals surface area contributed by atoms with Gasteiger partial charge in [0.2, 0.25) is 0 Å². The van der Waals surface area contributed by atoms with E-state index in [0.29, 0.717) is 0 Å². The molecule has 1 aromatic heterocycles. The van der Waals surface area contributed by atoms with Crippen molar-refractivity contribution >= 4 is 10.9 Å². The fourth-order valence-corrected chi connectivity index (χ4v) is 4.45. The van der Waals surface area contributed by atoms with Crippen molar-refractivity contribution in [3.63, 3.8) is 0 Å². The summed E-state index contributed by atoms with van der Waals surface area (Å²) in [4.78, 5) is 9.88. The van der Waals surface area contributed by atoms with Crippen LogP contribution in [0, 0.1) is 5.92 Å². The summed E-state index contributed by atoms with van der Waals surface area (Å²) in [7, 11) is 3.95. The molecule has 0 spiro atoms. The van der Waals surface area contributed by atoms with Gasteiger partial charge in [0.15, 0.2) is 0 Å². The zero-order chi connectivity index (χ0) is 20.8. The number of fused-ring (bicyclic) bond motifs is 1. The average molecular weight is 404 g/mol. The number of rotatable bonds is 8. The molecular formula is C26H33N3O. The van der Waals surface area contributed by atoms with Crippen LogP contribution in [0.25, 0.3) is 10.9 Å². The average Bonchev–Trinajstić information content (AvgIpc) is 2.79. The molecule has 3 aromatic rings. The van der Waals surface area contributed by atoms with Crippen LogP contribution in [0.1, 0.15) is 24.1 Å². The van der Waals surface area contributed by atoms with Crippen molar-refractivity contribution < 1.29 is 4.74 Å². The lowest BCUT2D eigenvalue weighted by Crippen LogP contribution is -2.38. The van der Waals surface area contributed by atoms with E-state index in [1.807, 2.05) is 0 Å². The summed E-state index contributed by atoms with van der Waals surface area (Å²) < 4.78 is 5.25. The molecule has 4 heteroatoms. The first kappa shape index (κ1) is 20.8. The van der Waals surface area contributed by atoms with E-state index >= 15 is 0 Å². The van der Waals surface area contributed by atoms with Crippen LogP contribution < -0.4 is 4.74 Å². The molecule has 30 heavy (non-hydrogen) atoms. The molecule has 0 N–H and O–H groups in total. The number of hydrogen-bond acceptors (Lipinski definition) is 4. The Labute approximate surface area is 180 Å². The van der Waals surface area contributed by atoms with Gasteiger partial charge in [0.25, 0.3) is 0 Å². The first-order chi connectivity index (χ1) is 14.7. The molecule has 2 aromatic carbocycles. The molecule has 1 aliphatic rings. The molecule has 0 radical (unpaired) electrons. The Balaban J connectivity index is 1.20. The van der Waals surface area contributed by atoms with Gasteiger partial charge in [0.1, 0.15) is 5.75 Å². The van der Waals surface area contributed by atoms with Crippen molar-refractivity contribution in [3.05, 3.63) is 71.9 Å². The predicted octanol–water partition coefficient (Wildman–Crippen LogP) is 4.63. The smallest absolute Gasteiger partial charge is 0.118 e. The number of pyridine rings is 1. The van der Waals surface area contributed by atoms with E-state index < -0.39 is 0 Å². The van der Waals surface area contributed by atoms with E-state index in [9.17, 15) is 0 Å². The SMILES string of the molecule is COc1ccc(CCN2CCC(CN(C)Cc3ccc4ccccc4n3)CC2)cc1. The highest BCUT2D eigenvalue weighted by atomic mass is 16.5. The standard InChI is InChI=1S/C26H33N3O/c1-28(20-24-10-9-23-5-3-4-6-26(23)27-24)19-22-14-17-29(18-15-22)16-13-21-7-11-25(30-2)12-8-21/h3-12,22H,13-20H2,1-2H3. The third-order valence-electron chi connectivity index (χ3n) is 6.24. The lowest BCUT2D eigenvalue weighted by molar-refractivity contribution is 0.153. The van der Waals surface area contributed by atoms with Gasteiger partial charge in [-0.2, -0.15) is 0 Å². The van der Waals surface area contributed by atoms with Gasteiger partial charge in [-0.15, -0.1) is 0 Å². The normalized spacial score (nSPS) is 15.7. The molecule has 0 saturated carbocycles. The van der Waals surface area contributed by atoms with E-state index in [0.717, 1.165) is 48.9 Å². The third-order valence-corrected chi connectivity index (χ3v) is 6.24. The molecule has 0 atom stereocenters. The monoisotopic (exact) mass is 403 g/mol. The van der Waals surface area contributed by atoms with E-state index in [2.05, 4.69) is 77.5 Å². The highest BCUT2D eigenvalue weighted by Crippen LogP contribution is 2.20. The van der Waals surface area contributed by atoms with Crippen LogP contribution in [0.4, 0.5) is 0 Å². The van der Waals surface area contributed by atoms with Gasteiger partial charge in [-0.3, -0.25) is 4.98 Å². The van der Waals surface area contributed by atoms with Gasteiger partial charge in [0, 0.05) is 25.0 Å². The number of benzene rings is 2. The molecule has 1 saturated heterocycles. The lowest BCUT2D eigenvalue weighted by atomic mass is 9.96. The third kappa shape index (κ3) is 5.59. The Hall–Kier alpha value is -2.43. The number of hydrogen-bond donors (Lipinski definition) is 0. The Morgan fingerprint density at radius 1 is 1.00 bits per heavy atom. The van der Waals surface area contributed by atoms with Crippen LogP contribution in [0.2, 0.25) is 0 Å². The van der Waals surface area contributed by atoms with Crippen LogP contribution in [-0.4, -0.2) is 55.1 Å². The molecule has 1 aliphatic heterocycles. The Kier molecular flexibility index (Phi) is 6.98. The van der Waals surface area contributed by atoms with Crippen molar-refractivity contribution in [2.24, 2.45) is 5.92 Å². The molecule has 4 nitrogen and oxygen atoms in total. The van der Waals surface area contributed by atoms with Crippen LogP contribution in [0.3, 0.4) is 0 Å². The van der Waals surface area contributed by atoms with Crippen LogP contribution in [-0.2, 0) is 13.0 Å². The molecule has 158 valence electrons. The fraction of sp³-hybridized carbons (Fsp3) is 0.423. The van der Waals surface area contributed by atoms with Crippen molar-refractivity contribution in [2.75, 3.05) is 40.3 Å².